The lowest BCUT2D eigenvalue weighted by molar-refractivity contribution is -0.143. The van der Waals surface area contributed by atoms with Crippen molar-refractivity contribution < 1.29 is 48.0 Å². The van der Waals surface area contributed by atoms with Gasteiger partial charge in [-0.2, -0.15) is 0 Å². The summed E-state index contributed by atoms with van der Waals surface area (Å²) in [6.45, 7) is 52.0. The maximum Gasteiger partial charge on any atom is 0.410 e. The van der Waals surface area contributed by atoms with Gasteiger partial charge in [-0.15, -0.1) is 0 Å². The van der Waals surface area contributed by atoms with Gasteiger partial charge < -0.3 is 49.2 Å². The van der Waals surface area contributed by atoms with E-state index in [9.17, 15) is 24.3 Å². The number of likely N-dealkylation sites (tertiary alicyclic amines) is 1. The molecule has 12 aliphatic carbocycles. The van der Waals surface area contributed by atoms with Crippen molar-refractivity contribution in [1.82, 2.24) is 20.4 Å². The van der Waals surface area contributed by atoms with E-state index in [4.69, 9.17) is 23.7 Å². The van der Waals surface area contributed by atoms with E-state index in [0.29, 0.717) is 94.9 Å². The first-order chi connectivity index (χ1) is 59.0. The molecule has 14 heteroatoms. The van der Waals surface area contributed by atoms with Crippen molar-refractivity contribution in [2.45, 2.75) is 397 Å². The standard InChI is InChI=1S/C37H51NO4.C29H47NO2.C29H45NO2.C9H10O2.C6H15N/c1-23-17-32-33(38(21-23)34(40)41-22-26-9-7-6-8-10-26)25(3)37(42-32)16-13-28-29-12-14-35(4)20-27(39)11-15-36(35,5)31(29)18-30(28)24(2)19-37;2*1-17-12-25-26(30-16-17)19(3)29(32-25)11-8-21-22-7-9-27(4)15-20(31)6-10-28(27,5)24(22)13-23(21)18(2)14-29;1-8(10)11-7-9-5-3-2-4-6-9;1-4-7(5-2)6-3/h6-10,23,25,28-29,31-33H,11-22H2,1-5H3;17,19-22,24-26,30-31H,6-16H2,1-5H3;17,19,21-22,24-26,30H,6-16H2,1-5H3;2-6H,7H2,1H3;4-6H2,1-3H3/t23-,25+,28-,29-,31-,32+,33-,35+,36+,37-;17-,19+,20+,21-,22-,24-,25+,26-,27+,28+,29-;17-,19+,21-,22-,24-,25+,26-,27+,28+,29-;;/m000../s1. The minimum Gasteiger partial charge on any atom is -0.461 e. The lowest BCUT2D eigenvalue weighted by Crippen LogP contribution is -2.54. The van der Waals surface area contributed by atoms with Crippen LogP contribution >= 0.6 is 0 Å². The van der Waals surface area contributed by atoms with Crippen molar-refractivity contribution in [2.24, 2.45) is 121 Å². The molecule has 3 spiro atoms. The molecule has 6 saturated heterocycles. The second kappa shape index (κ2) is 36.2. The molecule has 3 N–H and O–H groups in total. The predicted molar refractivity (Wildman–Crippen MR) is 497 cm³/mol. The number of fused-ring (bicyclic) bond motifs is 18. The molecule has 2 aromatic rings. The summed E-state index contributed by atoms with van der Waals surface area (Å²) >= 11 is 0. The number of aliphatic hydroxyl groups is 1. The van der Waals surface area contributed by atoms with Gasteiger partial charge in [0.05, 0.1) is 47.3 Å². The van der Waals surface area contributed by atoms with Crippen LogP contribution in [0.2, 0.25) is 0 Å². The fraction of sp³-hybridized carbons (Fsp3) is 0.800. The lowest BCUT2D eigenvalue weighted by Gasteiger charge is -2.60. The van der Waals surface area contributed by atoms with E-state index < -0.39 is 0 Å². The number of ether oxygens (including phenoxy) is 5. The van der Waals surface area contributed by atoms with Crippen LogP contribution in [0.25, 0.3) is 0 Å². The number of ketones is 2. The monoisotopic (exact) mass is 1710 g/mol. The second-order valence-corrected chi connectivity index (χ2v) is 47.2. The summed E-state index contributed by atoms with van der Waals surface area (Å²) in [4.78, 5) is 53.2. The first-order valence-electron chi connectivity index (χ1n) is 51.1. The Morgan fingerprint density at radius 3 is 1.27 bits per heavy atom. The molecule has 20 rings (SSSR count). The number of esters is 1. The van der Waals surface area contributed by atoms with E-state index in [1.54, 1.807) is 22.3 Å². The maximum absolute atomic E-state index is 13.5. The van der Waals surface area contributed by atoms with Gasteiger partial charge in [0.1, 0.15) is 24.8 Å². The molecule has 18 aliphatic rings. The first kappa shape index (κ1) is 92.7. The third-order valence-corrected chi connectivity index (χ3v) is 40.8. The third-order valence-electron chi connectivity index (χ3n) is 40.8. The van der Waals surface area contributed by atoms with Gasteiger partial charge in [0, 0.05) is 69.0 Å². The maximum atomic E-state index is 13.5. The Hall–Kier alpha value is -4.54. The topological polar surface area (TPSA) is 165 Å². The Bertz CT molecular complexity index is 4240. The highest BCUT2D eigenvalue weighted by Crippen LogP contribution is 2.73. The smallest absolute Gasteiger partial charge is 0.410 e. The Labute approximate surface area is 750 Å². The van der Waals surface area contributed by atoms with Gasteiger partial charge in [-0.25, -0.2) is 4.79 Å². The highest BCUT2D eigenvalue weighted by atomic mass is 16.6. The SMILES string of the molecule is CC(=O)OCc1ccccc1.CC1=C2C[C@H]3[C@@H](CC[C@]4(C)CC(=O)CC[C@]34C)[C@@H]2CC[C@@]2(C1)O[C@@H]1C[C@H](C)CN(C(=O)OCc3ccccc3)[C@H]1[C@H]2C.CC1=C2C[C@H]3[C@@H](CC[C@]4(C)CC(=O)CC[C@]34C)[C@@H]2CC[C@@]2(C1)O[C@@H]1C[C@H](C)CN[C@H]1[C@H]2C.CC1=C2C[C@H]3[C@@H](CC[C@]4(C)C[C@H](O)CC[C@]34C)[C@@H]2CC[C@@]2(C1)O[C@@H]1C[C@H](C)CN[C@H]1[C@H]2C.CCN(CC)CC. The van der Waals surface area contributed by atoms with Crippen LogP contribution in [0.4, 0.5) is 4.79 Å². The summed E-state index contributed by atoms with van der Waals surface area (Å²) in [6, 6.07) is 20.7. The van der Waals surface area contributed by atoms with Crippen LogP contribution in [0.15, 0.2) is 94.1 Å². The predicted octanol–water partition coefficient (Wildman–Crippen LogP) is 23.1. The van der Waals surface area contributed by atoms with E-state index in [0.717, 1.165) is 167 Å². The van der Waals surface area contributed by atoms with Crippen molar-refractivity contribution in [3.05, 3.63) is 105 Å². The summed E-state index contributed by atoms with van der Waals surface area (Å²) in [6.07, 6.45) is 35.1. The third kappa shape index (κ3) is 16.9. The molecule has 0 bridgehead atoms. The van der Waals surface area contributed by atoms with E-state index in [1.807, 2.05) is 76.7 Å². The number of allylic oxidation sites excluding steroid dienone is 3. The van der Waals surface area contributed by atoms with Gasteiger partial charge in [-0.05, 0) is 335 Å². The van der Waals surface area contributed by atoms with Crippen LogP contribution in [0.1, 0.15) is 335 Å². The molecule has 9 saturated carbocycles. The molecule has 1 amide bonds. The molecule has 0 aromatic heterocycles. The summed E-state index contributed by atoms with van der Waals surface area (Å²) in [7, 11) is 0. The Kier molecular flexibility index (Phi) is 27.1. The van der Waals surface area contributed by atoms with Crippen LogP contribution in [-0.2, 0) is 51.3 Å². The zero-order chi connectivity index (χ0) is 88.2. The number of nitrogens with zero attached hydrogens (tertiary/aromatic N) is 2. The minimum absolute atomic E-state index is 0.0493. The molecule has 0 unspecified atom stereocenters. The number of benzene rings is 2. The molecule has 6 aliphatic heterocycles. The Morgan fingerprint density at radius 1 is 0.476 bits per heavy atom. The van der Waals surface area contributed by atoms with E-state index in [-0.39, 0.29) is 69.3 Å². The van der Waals surface area contributed by atoms with Crippen molar-refractivity contribution in [3.63, 3.8) is 0 Å². The largest absolute Gasteiger partial charge is 0.461 e. The number of hydrogen-bond acceptors (Lipinski definition) is 13. The van der Waals surface area contributed by atoms with Crippen molar-refractivity contribution in [3.8, 4) is 0 Å². The van der Waals surface area contributed by atoms with Crippen LogP contribution in [0.5, 0.6) is 0 Å². The minimum atomic E-state index is -0.242. The number of hydrogen-bond donors (Lipinski definition) is 3. The molecule has 15 fully saturated rings. The summed E-state index contributed by atoms with van der Waals surface area (Å²) in [5.41, 5.74) is 13.9. The molecule has 124 heavy (non-hydrogen) atoms. The molecule has 14 nitrogen and oxygen atoms in total. The van der Waals surface area contributed by atoms with Crippen LogP contribution in [0.3, 0.4) is 0 Å². The molecule has 31 atom stereocenters. The number of aliphatic hydroxyl groups excluding tert-OH is 1. The van der Waals surface area contributed by atoms with Crippen LogP contribution in [-0.4, -0.2) is 137 Å². The first-order valence-corrected chi connectivity index (χ1v) is 51.1. The number of carbonyl (C=O) groups excluding carboxylic acids is 4. The summed E-state index contributed by atoms with van der Waals surface area (Å²) < 4.78 is 31.9. The normalized spacial score (nSPS) is 45.7. The highest BCUT2D eigenvalue weighted by Gasteiger charge is 2.68. The van der Waals surface area contributed by atoms with Crippen molar-refractivity contribution >= 4 is 23.6 Å². The quantitative estimate of drug-likeness (QED) is 0.177. The fourth-order valence-corrected chi connectivity index (χ4v) is 32.8. The zero-order valence-electron chi connectivity index (χ0n) is 80.9. The molecular formula is C110H168N4O10. The van der Waals surface area contributed by atoms with Gasteiger partial charge in [-0.1, -0.05) is 198 Å². The van der Waals surface area contributed by atoms with Gasteiger partial charge in [0.2, 0.25) is 0 Å². The molecule has 0 radical (unpaired) electrons. The van der Waals surface area contributed by atoms with E-state index >= 15 is 0 Å². The zero-order valence-corrected chi connectivity index (χ0v) is 80.9. The summed E-state index contributed by atoms with van der Waals surface area (Å²) in [5.74, 6) is 11.0. The second-order valence-electron chi connectivity index (χ2n) is 47.2. The van der Waals surface area contributed by atoms with E-state index in [2.05, 4.69) is 140 Å². The molecular weight excluding hydrogens is 1540 g/mol. The number of Topliss-reactive ketones (excluding diaryl/α,β-unsaturated/α-hetero) is 2. The number of rotatable bonds is 7. The number of piperidine rings is 3. The van der Waals surface area contributed by atoms with E-state index in [1.165, 1.54) is 136 Å². The van der Waals surface area contributed by atoms with Gasteiger partial charge in [0.15, 0.2) is 0 Å². The fourth-order valence-electron chi connectivity index (χ4n) is 32.8. The molecule has 6 heterocycles. The van der Waals surface area contributed by atoms with Gasteiger partial charge >= 0.3 is 12.1 Å². The number of amides is 1. The number of nitrogens with one attached hydrogen (secondary N) is 2. The van der Waals surface area contributed by atoms with Crippen molar-refractivity contribution in [1.29, 1.82) is 0 Å². The average molecular weight is 1710 g/mol. The van der Waals surface area contributed by atoms with Crippen LogP contribution in [0, 0.1) is 121 Å². The van der Waals surface area contributed by atoms with Gasteiger partial charge in [0.25, 0.3) is 0 Å². The highest BCUT2D eigenvalue weighted by molar-refractivity contribution is 5.81. The molecule has 688 valence electrons. The van der Waals surface area contributed by atoms with Crippen LogP contribution < -0.4 is 10.6 Å². The van der Waals surface area contributed by atoms with Crippen molar-refractivity contribution in [2.75, 3.05) is 39.3 Å². The lowest BCUT2D eigenvalue weighted by atomic mass is 9.45. The Morgan fingerprint density at radius 2 is 0.863 bits per heavy atom. The molecule has 2 aromatic carbocycles. The van der Waals surface area contributed by atoms with Gasteiger partial charge in [-0.3, -0.25) is 14.4 Å². The average Bonchev–Trinajstić information content (AvgIpc) is 1.50. The number of carbonyl (C=O) groups is 4. The summed E-state index contributed by atoms with van der Waals surface area (Å²) in [5, 5.41) is 18.2. The Balaban J connectivity index is 0.000000126.